The number of aliphatic imine (C=N–C) groups is 1. The standard InChI is InChI=1S/C10H6ClNOS/c11-9-4-1-8(2-5-9)3-6-10(13)12-7-14/h1-6H/b6-3+. The van der Waals surface area contributed by atoms with E-state index in [9.17, 15) is 4.79 Å². The van der Waals surface area contributed by atoms with Crippen molar-refractivity contribution in [2.75, 3.05) is 0 Å². The molecule has 0 aliphatic carbocycles. The summed E-state index contributed by atoms with van der Waals surface area (Å²) >= 11 is 9.98. The Morgan fingerprint density at radius 3 is 2.64 bits per heavy atom. The van der Waals surface area contributed by atoms with Crippen molar-refractivity contribution in [2.24, 2.45) is 4.99 Å². The summed E-state index contributed by atoms with van der Waals surface area (Å²) in [5.74, 6) is -0.421. The largest absolute Gasteiger partial charge is 0.278 e. The lowest BCUT2D eigenvalue weighted by atomic mass is 10.2. The van der Waals surface area contributed by atoms with Crippen LogP contribution in [-0.4, -0.2) is 11.1 Å². The van der Waals surface area contributed by atoms with Crippen LogP contribution in [0.2, 0.25) is 5.02 Å². The molecule has 0 fully saturated rings. The number of halogens is 1. The van der Waals surface area contributed by atoms with Gasteiger partial charge in [0.2, 0.25) is 0 Å². The first kappa shape index (κ1) is 10.8. The van der Waals surface area contributed by atoms with Crippen LogP contribution in [0.1, 0.15) is 5.56 Å². The molecular formula is C10H6ClNOS. The zero-order valence-electron chi connectivity index (χ0n) is 7.11. The van der Waals surface area contributed by atoms with E-state index in [0.29, 0.717) is 5.02 Å². The number of carbonyl (C=O) groups is 1. The molecule has 0 saturated carbocycles. The van der Waals surface area contributed by atoms with Crippen molar-refractivity contribution in [3.63, 3.8) is 0 Å². The second kappa shape index (κ2) is 5.45. The molecule has 1 aromatic rings. The normalized spacial score (nSPS) is 9.79. The van der Waals surface area contributed by atoms with Gasteiger partial charge in [-0.15, -0.1) is 0 Å². The highest BCUT2D eigenvalue weighted by Gasteiger charge is 1.90. The lowest BCUT2D eigenvalue weighted by Crippen LogP contribution is -1.83. The second-order valence-corrected chi connectivity index (χ2v) is 3.05. The summed E-state index contributed by atoms with van der Waals surface area (Å²) in [5.41, 5.74) is 0.877. The highest BCUT2D eigenvalue weighted by molar-refractivity contribution is 7.78. The van der Waals surface area contributed by atoms with E-state index in [1.807, 2.05) is 5.16 Å². The molecule has 0 heterocycles. The molecule has 1 rings (SSSR count). The van der Waals surface area contributed by atoms with Crippen molar-refractivity contribution < 1.29 is 4.79 Å². The summed E-state index contributed by atoms with van der Waals surface area (Å²) in [7, 11) is 0. The van der Waals surface area contributed by atoms with Crippen LogP contribution in [-0.2, 0) is 4.79 Å². The lowest BCUT2D eigenvalue weighted by Gasteiger charge is -1.91. The summed E-state index contributed by atoms with van der Waals surface area (Å²) in [6, 6.07) is 7.09. The van der Waals surface area contributed by atoms with E-state index in [1.165, 1.54) is 6.08 Å². The Labute approximate surface area is 91.9 Å². The molecule has 0 unspecified atom stereocenters. The van der Waals surface area contributed by atoms with Gasteiger partial charge >= 0.3 is 0 Å². The fourth-order valence-electron chi connectivity index (χ4n) is 0.824. The van der Waals surface area contributed by atoms with Crippen LogP contribution in [0.5, 0.6) is 0 Å². The average Bonchev–Trinajstić information content (AvgIpc) is 2.17. The molecule has 4 heteroatoms. The Balaban J connectivity index is 2.73. The van der Waals surface area contributed by atoms with Gasteiger partial charge in [-0.25, -0.2) is 0 Å². The van der Waals surface area contributed by atoms with E-state index < -0.39 is 5.91 Å². The number of amides is 1. The molecule has 0 aliphatic rings. The number of hydrogen-bond donors (Lipinski definition) is 0. The van der Waals surface area contributed by atoms with Gasteiger partial charge in [0.25, 0.3) is 5.91 Å². The predicted molar refractivity (Wildman–Crippen MR) is 60.5 cm³/mol. The van der Waals surface area contributed by atoms with Crippen LogP contribution in [0.15, 0.2) is 35.3 Å². The molecule has 0 N–H and O–H groups in total. The molecule has 0 atom stereocenters. The van der Waals surface area contributed by atoms with Crippen LogP contribution < -0.4 is 0 Å². The van der Waals surface area contributed by atoms with Crippen LogP contribution in [0.25, 0.3) is 6.08 Å². The topological polar surface area (TPSA) is 29.4 Å². The molecule has 0 saturated heterocycles. The fourth-order valence-corrected chi connectivity index (χ4v) is 1.04. The van der Waals surface area contributed by atoms with Crippen LogP contribution in [0.4, 0.5) is 0 Å². The predicted octanol–water partition coefficient (Wildman–Crippen LogP) is 2.98. The Bertz CT molecular complexity index is 405. The Morgan fingerprint density at radius 1 is 1.43 bits per heavy atom. The SMILES string of the molecule is O=C(/C=C/c1ccc(Cl)cc1)N=C=S. The summed E-state index contributed by atoms with van der Waals surface area (Å²) < 4.78 is 0. The van der Waals surface area contributed by atoms with Gasteiger partial charge in [0.1, 0.15) is 0 Å². The van der Waals surface area contributed by atoms with Gasteiger partial charge < -0.3 is 0 Å². The van der Waals surface area contributed by atoms with E-state index in [0.717, 1.165) is 5.56 Å². The maximum Gasteiger partial charge on any atom is 0.278 e. The highest BCUT2D eigenvalue weighted by atomic mass is 35.5. The van der Waals surface area contributed by atoms with E-state index in [4.69, 9.17) is 11.6 Å². The van der Waals surface area contributed by atoms with Crippen molar-refractivity contribution in [1.29, 1.82) is 0 Å². The molecule has 2 nitrogen and oxygen atoms in total. The second-order valence-electron chi connectivity index (χ2n) is 2.43. The molecule has 0 aromatic heterocycles. The molecule has 1 aromatic carbocycles. The molecule has 0 aliphatic heterocycles. The van der Waals surface area contributed by atoms with Gasteiger partial charge in [-0.1, -0.05) is 23.7 Å². The van der Waals surface area contributed by atoms with Gasteiger partial charge in [0.05, 0.1) is 5.16 Å². The third-order valence-corrected chi connectivity index (χ3v) is 1.79. The molecular weight excluding hydrogens is 218 g/mol. The number of rotatable bonds is 2. The molecule has 0 spiro atoms. The smallest absolute Gasteiger partial charge is 0.267 e. The molecule has 1 amide bonds. The van der Waals surface area contributed by atoms with Gasteiger partial charge in [0, 0.05) is 11.1 Å². The molecule has 0 radical (unpaired) electrons. The van der Waals surface area contributed by atoms with Gasteiger partial charge in [-0.2, -0.15) is 4.99 Å². The summed E-state index contributed by atoms with van der Waals surface area (Å²) in [5, 5.41) is 2.66. The Morgan fingerprint density at radius 2 is 2.07 bits per heavy atom. The van der Waals surface area contributed by atoms with Gasteiger partial charge in [-0.05, 0) is 36.0 Å². The maximum atomic E-state index is 10.9. The van der Waals surface area contributed by atoms with Crippen molar-refractivity contribution in [3.05, 3.63) is 40.9 Å². The minimum absolute atomic E-state index is 0.421. The number of benzene rings is 1. The highest BCUT2D eigenvalue weighted by Crippen LogP contribution is 2.10. The van der Waals surface area contributed by atoms with E-state index >= 15 is 0 Å². The first-order valence-electron chi connectivity index (χ1n) is 3.78. The monoisotopic (exact) mass is 223 g/mol. The third kappa shape index (κ3) is 3.62. The average molecular weight is 224 g/mol. The molecule has 14 heavy (non-hydrogen) atoms. The number of nitrogens with zero attached hydrogens (tertiary/aromatic N) is 1. The van der Waals surface area contributed by atoms with Crippen molar-refractivity contribution in [1.82, 2.24) is 0 Å². The third-order valence-electron chi connectivity index (χ3n) is 1.44. The minimum Gasteiger partial charge on any atom is -0.267 e. The van der Waals surface area contributed by atoms with E-state index in [-0.39, 0.29) is 0 Å². The summed E-state index contributed by atoms with van der Waals surface area (Å²) in [6.07, 6.45) is 2.96. The summed E-state index contributed by atoms with van der Waals surface area (Å²) in [6.45, 7) is 0. The number of isothiocyanates is 1. The number of carbonyl (C=O) groups excluding carboxylic acids is 1. The van der Waals surface area contributed by atoms with E-state index in [1.54, 1.807) is 30.3 Å². The Kier molecular flexibility index (Phi) is 4.20. The van der Waals surface area contributed by atoms with Crippen LogP contribution >= 0.6 is 23.8 Å². The molecule has 70 valence electrons. The fraction of sp³-hybridized carbons (Fsp3) is 0. The summed E-state index contributed by atoms with van der Waals surface area (Å²) in [4.78, 5) is 14.1. The van der Waals surface area contributed by atoms with Crippen molar-refractivity contribution in [2.45, 2.75) is 0 Å². The van der Waals surface area contributed by atoms with Crippen LogP contribution in [0.3, 0.4) is 0 Å². The maximum absolute atomic E-state index is 10.9. The van der Waals surface area contributed by atoms with Crippen molar-refractivity contribution in [3.8, 4) is 0 Å². The van der Waals surface area contributed by atoms with Gasteiger partial charge in [-0.3, -0.25) is 4.79 Å². The zero-order chi connectivity index (χ0) is 10.4. The number of hydrogen-bond acceptors (Lipinski definition) is 2. The minimum atomic E-state index is -0.421. The molecule has 0 bridgehead atoms. The van der Waals surface area contributed by atoms with Crippen molar-refractivity contribution >= 4 is 41.0 Å². The number of thiocarbonyl (C=S) groups is 1. The zero-order valence-corrected chi connectivity index (χ0v) is 8.68. The van der Waals surface area contributed by atoms with E-state index in [2.05, 4.69) is 17.2 Å². The van der Waals surface area contributed by atoms with Crippen LogP contribution in [0, 0.1) is 0 Å². The first-order chi connectivity index (χ1) is 6.72. The van der Waals surface area contributed by atoms with Gasteiger partial charge in [0.15, 0.2) is 0 Å². The first-order valence-corrected chi connectivity index (χ1v) is 4.56. The quantitative estimate of drug-likeness (QED) is 0.438. The Hall–Kier alpha value is -1.28. The lowest BCUT2D eigenvalue weighted by molar-refractivity contribution is -0.113.